The van der Waals surface area contributed by atoms with Crippen LogP contribution in [0.3, 0.4) is 0 Å². The Bertz CT molecular complexity index is 541. The van der Waals surface area contributed by atoms with Gasteiger partial charge in [-0.2, -0.15) is 0 Å². The molecule has 0 saturated carbocycles. The Balaban J connectivity index is 1.93. The molecule has 2 heterocycles. The molecule has 3 nitrogen and oxygen atoms in total. The first-order valence-corrected chi connectivity index (χ1v) is 8.16. The number of aromatic nitrogens is 2. The molecule has 1 aliphatic carbocycles. The summed E-state index contributed by atoms with van der Waals surface area (Å²) in [6.07, 6.45) is 6.74. The molecule has 0 radical (unpaired) electrons. The molecule has 1 aliphatic rings. The first-order valence-electron chi connectivity index (χ1n) is 6.55. The van der Waals surface area contributed by atoms with Crippen LogP contribution in [0.5, 0.6) is 0 Å². The van der Waals surface area contributed by atoms with E-state index in [9.17, 15) is 0 Å². The van der Waals surface area contributed by atoms with Crippen molar-refractivity contribution in [3.8, 4) is 0 Å². The Labute approximate surface area is 125 Å². The van der Waals surface area contributed by atoms with Gasteiger partial charge in [0.1, 0.15) is 11.0 Å². The molecule has 5 heteroatoms. The Morgan fingerprint density at radius 1 is 1.32 bits per heavy atom. The first-order chi connectivity index (χ1) is 9.28. The highest BCUT2D eigenvalue weighted by Crippen LogP contribution is 2.32. The third kappa shape index (κ3) is 2.73. The summed E-state index contributed by atoms with van der Waals surface area (Å²) in [6.45, 7) is 0. The van der Waals surface area contributed by atoms with Crippen molar-refractivity contribution < 1.29 is 0 Å². The van der Waals surface area contributed by atoms with Crippen molar-refractivity contribution in [2.75, 3.05) is 7.05 Å². The molecule has 0 bridgehead atoms. The highest BCUT2D eigenvalue weighted by atomic mass is 79.9. The molecule has 2 aromatic rings. The molecule has 0 amide bonds. The van der Waals surface area contributed by atoms with Crippen molar-refractivity contribution >= 4 is 27.3 Å². The van der Waals surface area contributed by atoms with Gasteiger partial charge in [0.25, 0.3) is 0 Å². The van der Waals surface area contributed by atoms with Crippen LogP contribution in [0.25, 0.3) is 0 Å². The van der Waals surface area contributed by atoms with Gasteiger partial charge >= 0.3 is 0 Å². The minimum absolute atomic E-state index is 0.101. The first kappa shape index (κ1) is 13.2. The van der Waals surface area contributed by atoms with Crippen molar-refractivity contribution in [1.29, 1.82) is 0 Å². The molecule has 3 rings (SSSR count). The molecular weight excluding hydrogens is 322 g/mol. The maximum Gasteiger partial charge on any atom is 0.116 e. The molecule has 0 aliphatic heterocycles. The van der Waals surface area contributed by atoms with Gasteiger partial charge < -0.3 is 5.32 Å². The SMILES string of the molecule is CNC(c1ccc(Br)cn1)c1nc2c(s1)CCCC2. The number of fused-ring (bicyclic) bond motifs is 1. The normalized spacial score (nSPS) is 16.1. The van der Waals surface area contributed by atoms with E-state index in [2.05, 4.69) is 26.2 Å². The van der Waals surface area contributed by atoms with Gasteiger partial charge in [-0.15, -0.1) is 11.3 Å². The second kappa shape index (κ2) is 5.69. The van der Waals surface area contributed by atoms with E-state index < -0.39 is 0 Å². The molecule has 19 heavy (non-hydrogen) atoms. The number of hydrogen-bond donors (Lipinski definition) is 1. The third-order valence-corrected chi connectivity index (χ3v) is 5.14. The van der Waals surface area contributed by atoms with E-state index in [0.29, 0.717) is 0 Å². The van der Waals surface area contributed by atoms with Gasteiger partial charge in [-0.1, -0.05) is 0 Å². The quantitative estimate of drug-likeness (QED) is 0.931. The van der Waals surface area contributed by atoms with Gasteiger partial charge in [-0.3, -0.25) is 4.98 Å². The van der Waals surface area contributed by atoms with Crippen LogP contribution in [0.1, 0.15) is 40.2 Å². The lowest BCUT2D eigenvalue weighted by atomic mass is 10.0. The number of nitrogens with one attached hydrogen (secondary N) is 1. The monoisotopic (exact) mass is 337 g/mol. The van der Waals surface area contributed by atoms with Crippen LogP contribution >= 0.6 is 27.3 Å². The summed E-state index contributed by atoms with van der Waals surface area (Å²) in [5.74, 6) is 0. The topological polar surface area (TPSA) is 37.8 Å². The van der Waals surface area contributed by atoms with E-state index >= 15 is 0 Å². The predicted octanol–water partition coefficient (Wildman–Crippen LogP) is 3.49. The number of nitrogens with zero attached hydrogens (tertiary/aromatic N) is 2. The smallest absolute Gasteiger partial charge is 0.116 e. The average molecular weight is 338 g/mol. The van der Waals surface area contributed by atoms with E-state index in [1.165, 1.54) is 29.8 Å². The summed E-state index contributed by atoms with van der Waals surface area (Å²) in [7, 11) is 1.97. The van der Waals surface area contributed by atoms with E-state index in [1.807, 2.05) is 36.7 Å². The Hall–Kier alpha value is -0.780. The minimum atomic E-state index is 0.101. The average Bonchev–Trinajstić information content (AvgIpc) is 2.85. The highest BCUT2D eigenvalue weighted by molar-refractivity contribution is 9.10. The number of halogens is 1. The third-order valence-electron chi connectivity index (χ3n) is 3.44. The number of pyridine rings is 1. The van der Waals surface area contributed by atoms with E-state index in [1.54, 1.807) is 0 Å². The number of hydrogen-bond acceptors (Lipinski definition) is 4. The lowest BCUT2D eigenvalue weighted by molar-refractivity contribution is 0.650. The zero-order chi connectivity index (χ0) is 13.2. The van der Waals surface area contributed by atoms with E-state index in [0.717, 1.165) is 21.6 Å². The number of rotatable bonds is 3. The van der Waals surface area contributed by atoms with Crippen molar-refractivity contribution in [3.05, 3.63) is 44.1 Å². The van der Waals surface area contributed by atoms with Gasteiger partial charge in [-0.05, 0) is 60.8 Å². The van der Waals surface area contributed by atoms with Crippen molar-refractivity contribution in [2.24, 2.45) is 0 Å². The summed E-state index contributed by atoms with van der Waals surface area (Å²) in [6, 6.07) is 4.18. The summed E-state index contributed by atoms with van der Waals surface area (Å²) in [5, 5.41) is 4.48. The fourth-order valence-corrected chi connectivity index (χ4v) is 3.96. The number of thiazole rings is 1. The molecule has 1 unspecified atom stereocenters. The van der Waals surface area contributed by atoms with Gasteiger partial charge in [0.05, 0.1) is 11.4 Å². The van der Waals surface area contributed by atoms with Gasteiger partial charge in [0.15, 0.2) is 0 Å². The fraction of sp³-hybridized carbons (Fsp3) is 0.429. The predicted molar refractivity (Wildman–Crippen MR) is 81.6 cm³/mol. The zero-order valence-corrected chi connectivity index (χ0v) is 13.2. The second-order valence-electron chi connectivity index (χ2n) is 4.75. The molecular formula is C14H16BrN3S. The molecule has 0 aromatic carbocycles. The Morgan fingerprint density at radius 3 is 2.84 bits per heavy atom. The molecule has 1 atom stereocenters. The second-order valence-corrected chi connectivity index (χ2v) is 6.78. The summed E-state index contributed by atoms with van der Waals surface area (Å²) in [5.41, 5.74) is 2.33. The maximum atomic E-state index is 4.83. The van der Waals surface area contributed by atoms with Crippen LogP contribution in [-0.2, 0) is 12.8 Å². The van der Waals surface area contributed by atoms with Gasteiger partial charge in [0.2, 0.25) is 0 Å². The lowest BCUT2D eigenvalue weighted by Crippen LogP contribution is -2.18. The fourth-order valence-electron chi connectivity index (χ4n) is 2.45. The van der Waals surface area contributed by atoms with Crippen molar-refractivity contribution in [3.63, 3.8) is 0 Å². The van der Waals surface area contributed by atoms with Crippen molar-refractivity contribution in [1.82, 2.24) is 15.3 Å². The van der Waals surface area contributed by atoms with E-state index in [-0.39, 0.29) is 6.04 Å². The Morgan fingerprint density at radius 2 is 2.16 bits per heavy atom. The molecule has 0 fully saturated rings. The summed E-state index contributed by atoms with van der Waals surface area (Å²) in [4.78, 5) is 10.8. The largest absolute Gasteiger partial charge is 0.306 e. The molecule has 0 saturated heterocycles. The lowest BCUT2D eigenvalue weighted by Gasteiger charge is -2.12. The standard InChI is InChI=1S/C14H16BrN3S/c1-16-13(11-7-6-9(15)8-17-11)14-18-10-4-2-3-5-12(10)19-14/h6-8,13,16H,2-5H2,1H3. The molecule has 100 valence electrons. The molecule has 1 N–H and O–H groups in total. The van der Waals surface area contributed by atoms with Crippen LogP contribution in [0, 0.1) is 0 Å². The van der Waals surface area contributed by atoms with Gasteiger partial charge in [0, 0.05) is 15.5 Å². The van der Waals surface area contributed by atoms with Crippen LogP contribution in [0.15, 0.2) is 22.8 Å². The van der Waals surface area contributed by atoms with Crippen LogP contribution in [0.4, 0.5) is 0 Å². The van der Waals surface area contributed by atoms with Crippen LogP contribution in [0.2, 0.25) is 0 Å². The molecule has 0 spiro atoms. The summed E-state index contributed by atoms with van der Waals surface area (Å²) >= 11 is 5.26. The highest BCUT2D eigenvalue weighted by Gasteiger charge is 2.21. The number of aryl methyl sites for hydroxylation is 2. The van der Waals surface area contributed by atoms with Crippen LogP contribution in [-0.4, -0.2) is 17.0 Å². The maximum absolute atomic E-state index is 4.83. The van der Waals surface area contributed by atoms with Gasteiger partial charge in [-0.25, -0.2) is 4.98 Å². The van der Waals surface area contributed by atoms with Crippen LogP contribution < -0.4 is 5.32 Å². The Kier molecular flexibility index (Phi) is 3.96. The molecule has 2 aromatic heterocycles. The minimum Gasteiger partial charge on any atom is -0.306 e. The summed E-state index contributed by atoms with van der Waals surface area (Å²) < 4.78 is 1.00. The van der Waals surface area contributed by atoms with Crippen molar-refractivity contribution in [2.45, 2.75) is 31.7 Å². The van der Waals surface area contributed by atoms with E-state index in [4.69, 9.17) is 4.98 Å². The zero-order valence-electron chi connectivity index (χ0n) is 10.8.